The molecule has 19 heavy (non-hydrogen) atoms. The number of rotatable bonds is 6. The van der Waals surface area contributed by atoms with Crippen molar-refractivity contribution in [3.63, 3.8) is 0 Å². The molecule has 3 N–H and O–H groups in total. The molecule has 6 nitrogen and oxygen atoms in total. The molecule has 0 aliphatic rings. The minimum Gasteiger partial charge on any atom is -0.324 e. The van der Waals surface area contributed by atoms with Gasteiger partial charge in [-0.1, -0.05) is 25.8 Å². The second kappa shape index (κ2) is 6.84. The Kier molecular flexibility index (Phi) is 5.44. The van der Waals surface area contributed by atoms with Crippen molar-refractivity contribution in [2.24, 2.45) is 5.73 Å². The van der Waals surface area contributed by atoms with E-state index in [0.29, 0.717) is 17.7 Å². The van der Waals surface area contributed by atoms with Crippen LogP contribution in [0.2, 0.25) is 0 Å². The Balaban J connectivity index is 2.74. The van der Waals surface area contributed by atoms with Crippen molar-refractivity contribution < 1.29 is 9.72 Å². The highest BCUT2D eigenvalue weighted by Gasteiger charge is 2.15. The standard InChI is InChI=1S/C13H19N3O3/c1-3-4-5-11(14)13(17)15-10-7-6-9(2)12(8-10)16(18)19/h6-8,11H,3-5,14H2,1-2H3,(H,15,17). The van der Waals surface area contributed by atoms with E-state index in [1.807, 2.05) is 6.92 Å². The Bertz CT molecular complexity index is 474. The Morgan fingerprint density at radius 3 is 2.79 bits per heavy atom. The molecule has 0 aromatic heterocycles. The van der Waals surface area contributed by atoms with E-state index in [1.54, 1.807) is 19.1 Å². The highest BCUT2D eigenvalue weighted by atomic mass is 16.6. The first-order valence-corrected chi connectivity index (χ1v) is 6.27. The van der Waals surface area contributed by atoms with Gasteiger partial charge in [0, 0.05) is 17.3 Å². The summed E-state index contributed by atoms with van der Waals surface area (Å²) in [4.78, 5) is 22.1. The van der Waals surface area contributed by atoms with E-state index >= 15 is 0 Å². The number of carbonyl (C=O) groups is 1. The van der Waals surface area contributed by atoms with E-state index in [9.17, 15) is 14.9 Å². The third-order valence-corrected chi connectivity index (χ3v) is 2.88. The molecule has 1 aromatic carbocycles. The van der Waals surface area contributed by atoms with Crippen LogP contribution in [0.25, 0.3) is 0 Å². The number of nitro benzene ring substituents is 1. The van der Waals surface area contributed by atoms with Crippen molar-refractivity contribution in [3.05, 3.63) is 33.9 Å². The first kappa shape index (κ1) is 15.1. The predicted molar refractivity (Wildman–Crippen MR) is 74.0 cm³/mol. The highest BCUT2D eigenvalue weighted by Crippen LogP contribution is 2.22. The number of carbonyl (C=O) groups excluding carboxylic acids is 1. The van der Waals surface area contributed by atoms with Gasteiger partial charge in [-0.2, -0.15) is 0 Å². The Morgan fingerprint density at radius 2 is 2.21 bits per heavy atom. The summed E-state index contributed by atoms with van der Waals surface area (Å²) in [5, 5.41) is 13.4. The summed E-state index contributed by atoms with van der Waals surface area (Å²) in [5.41, 5.74) is 6.67. The van der Waals surface area contributed by atoms with Crippen molar-refractivity contribution in [2.45, 2.75) is 39.2 Å². The van der Waals surface area contributed by atoms with E-state index in [4.69, 9.17) is 5.73 Å². The fourth-order valence-electron chi connectivity index (χ4n) is 1.67. The summed E-state index contributed by atoms with van der Waals surface area (Å²) in [5.74, 6) is -0.313. The zero-order valence-electron chi connectivity index (χ0n) is 11.2. The van der Waals surface area contributed by atoms with E-state index in [0.717, 1.165) is 12.8 Å². The monoisotopic (exact) mass is 265 g/mol. The molecule has 0 saturated carbocycles. The molecule has 1 atom stereocenters. The van der Waals surface area contributed by atoms with Crippen molar-refractivity contribution in [1.29, 1.82) is 0 Å². The number of hydrogen-bond acceptors (Lipinski definition) is 4. The number of nitrogens with zero attached hydrogens (tertiary/aromatic N) is 1. The molecule has 0 radical (unpaired) electrons. The van der Waals surface area contributed by atoms with E-state index < -0.39 is 11.0 Å². The topological polar surface area (TPSA) is 98.3 Å². The van der Waals surface area contributed by atoms with Crippen molar-refractivity contribution in [2.75, 3.05) is 5.32 Å². The summed E-state index contributed by atoms with van der Waals surface area (Å²) in [7, 11) is 0. The maximum atomic E-state index is 11.8. The summed E-state index contributed by atoms with van der Waals surface area (Å²) in [6, 6.07) is 4.00. The zero-order chi connectivity index (χ0) is 14.4. The zero-order valence-corrected chi connectivity index (χ0v) is 11.2. The maximum absolute atomic E-state index is 11.8. The van der Waals surface area contributed by atoms with E-state index in [2.05, 4.69) is 5.32 Å². The van der Waals surface area contributed by atoms with Gasteiger partial charge in [-0.25, -0.2) is 0 Å². The lowest BCUT2D eigenvalue weighted by Gasteiger charge is -2.11. The van der Waals surface area contributed by atoms with Crippen LogP contribution in [0.3, 0.4) is 0 Å². The SMILES string of the molecule is CCCCC(N)C(=O)Nc1ccc(C)c([N+](=O)[O-])c1. The van der Waals surface area contributed by atoms with E-state index in [1.165, 1.54) is 6.07 Å². The summed E-state index contributed by atoms with van der Waals surface area (Å²) >= 11 is 0. The second-order valence-corrected chi connectivity index (χ2v) is 4.50. The van der Waals surface area contributed by atoms with Crippen LogP contribution < -0.4 is 11.1 Å². The number of nitrogens with one attached hydrogen (secondary N) is 1. The summed E-state index contributed by atoms with van der Waals surface area (Å²) < 4.78 is 0. The predicted octanol–water partition coefficient (Wildman–Crippen LogP) is 2.36. The summed E-state index contributed by atoms with van der Waals surface area (Å²) in [6.07, 6.45) is 2.45. The Morgan fingerprint density at radius 1 is 1.53 bits per heavy atom. The van der Waals surface area contributed by atoms with Gasteiger partial charge in [-0.05, 0) is 19.4 Å². The van der Waals surface area contributed by atoms with Crippen molar-refractivity contribution in [1.82, 2.24) is 0 Å². The van der Waals surface area contributed by atoms with Crippen molar-refractivity contribution in [3.8, 4) is 0 Å². The molecule has 0 heterocycles. The lowest BCUT2D eigenvalue weighted by Crippen LogP contribution is -2.35. The van der Waals surface area contributed by atoms with Gasteiger partial charge in [0.2, 0.25) is 5.91 Å². The van der Waals surface area contributed by atoms with Crippen LogP contribution >= 0.6 is 0 Å². The number of anilines is 1. The molecule has 104 valence electrons. The Labute approximate surface area is 112 Å². The molecule has 0 saturated heterocycles. The fraction of sp³-hybridized carbons (Fsp3) is 0.462. The number of unbranched alkanes of at least 4 members (excludes halogenated alkanes) is 1. The first-order chi connectivity index (χ1) is 8.95. The van der Waals surface area contributed by atoms with Crippen LogP contribution in [0.5, 0.6) is 0 Å². The van der Waals surface area contributed by atoms with Crippen LogP contribution in [0, 0.1) is 17.0 Å². The fourth-order valence-corrected chi connectivity index (χ4v) is 1.67. The molecule has 0 bridgehead atoms. The quantitative estimate of drug-likeness (QED) is 0.609. The van der Waals surface area contributed by atoms with Gasteiger partial charge in [0.1, 0.15) is 0 Å². The molecule has 1 rings (SSSR count). The smallest absolute Gasteiger partial charge is 0.274 e. The number of benzene rings is 1. The minimum atomic E-state index is -0.583. The van der Waals surface area contributed by atoms with Crippen LogP contribution in [-0.2, 0) is 4.79 Å². The van der Waals surface area contributed by atoms with Gasteiger partial charge in [0.15, 0.2) is 0 Å². The largest absolute Gasteiger partial charge is 0.324 e. The number of aryl methyl sites for hydroxylation is 1. The second-order valence-electron chi connectivity index (χ2n) is 4.50. The molecule has 0 spiro atoms. The number of amides is 1. The molecule has 6 heteroatoms. The molecular weight excluding hydrogens is 246 g/mol. The average Bonchev–Trinajstić information content (AvgIpc) is 2.37. The molecule has 0 aliphatic heterocycles. The first-order valence-electron chi connectivity index (χ1n) is 6.27. The van der Waals surface area contributed by atoms with Crippen LogP contribution in [-0.4, -0.2) is 16.9 Å². The van der Waals surface area contributed by atoms with Crippen LogP contribution in [0.4, 0.5) is 11.4 Å². The third kappa shape index (κ3) is 4.33. The lowest BCUT2D eigenvalue weighted by atomic mass is 10.1. The van der Waals surface area contributed by atoms with E-state index in [-0.39, 0.29) is 11.6 Å². The molecule has 0 fully saturated rings. The molecule has 1 amide bonds. The third-order valence-electron chi connectivity index (χ3n) is 2.88. The molecule has 1 aromatic rings. The summed E-state index contributed by atoms with van der Waals surface area (Å²) in [6.45, 7) is 3.67. The van der Waals surface area contributed by atoms with Gasteiger partial charge in [0.05, 0.1) is 11.0 Å². The van der Waals surface area contributed by atoms with Gasteiger partial charge in [-0.3, -0.25) is 14.9 Å². The number of nitro groups is 1. The highest BCUT2D eigenvalue weighted by molar-refractivity contribution is 5.94. The maximum Gasteiger partial charge on any atom is 0.274 e. The number of nitrogens with two attached hydrogens (primary N) is 1. The molecular formula is C13H19N3O3. The minimum absolute atomic E-state index is 0.0140. The lowest BCUT2D eigenvalue weighted by molar-refractivity contribution is -0.385. The average molecular weight is 265 g/mol. The van der Waals surface area contributed by atoms with Crippen LogP contribution in [0.1, 0.15) is 31.7 Å². The van der Waals surface area contributed by atoms with Gasteiger partial charge >= 0.3 is 0 Å². The van der Waals surface area contributed by atoms with Crippen LogP contribution in [0.15, 0.2) is 18.2 Å². The van der Waals surface area contributed by atoms with Crippen molar-refractivity contribution >= 4 is 17.3 Å². The van der Waals surface area contributed by atoms with Gasteiger partial charge < -0.3 is 11.1 Å². The molecule has 0 aliphatic carbocycles. The molecule has 1 unspecified atom stereocenters. The van der Waals surface area contributed by atoms with Gasteiger partial charge in [0.25, 0.3) is 5.69 Å². The normalized spacial score (nSPS) is 11.9. The Hall–Kier alpha value is -1.95. The number of hydrogen-bond donors (Lipinski definition) is 2. The van der Waals surface area contributed by atoms with Gasteiger partial charge in [-0.15, -0.1) is 0 Å².